The third kappa shape index (κ3) is 3.93. The molecule has 0 aromatic heterocycles. The minimum absolute atomic E-state index is 0.0409. The van der Waals surface area contributed by atoms with E-state index in [-0.39, 0.29) is 5.75 Å². The fraction of sp³-hybridized carbons (Fsp3) is 0.100. The maximum Gasteiger partial charge on any atom is 0.308 e. The molecule has 0 spiro atoms. The van der Waals surface area contributed by atoms with Crippen molar-refractivity contribution in [2.45, 2.75) is 18.7 Å². The van der Waals surface area contributed by atoms with Gasteiger partial charge in [0, 0.05) is 23.3 Å². The quantitative estimate of drug-likeness (QED) is 0.675. The average Bonchev–Trinajstić information content (AvgIpc) is 3.05. The van der Waals surface area contributed by atoms with E-state index in [1.54, 1.807) is 19.3 Å². The lowest BCUT2D eigenvalue weighted by Crippen LogP contribution is -2.14. The monoisotopic (exact) mass is 353 g/mol. The van der Waals surface area contributed by atoms with Gasteiger partial charge in [0.15, 0.2) is 0 Å². The number of hydrogen-bond acceptors (Lipinski definition) is 4. The van der Waals surface area contributed by atoms with Gasteiger partial charge in [0.25, 0.3) is 0 Å². The Balaban J connectivity index is 1.94. The van der Waals surface area contributed by atoms with Crippen molar-refractivity contribution in [3.63, 3.8) is 0 Å². The van der Waals surface area contributed by atoms with Crippen molar-refractivity contribution in [2.75, 3.05) is 0 Å². The largest absolute Gasteiger partial charge is 0.508 e. The first-order chi connectivity index (χ1) is 12.0. The van der Waals surface area contributed by atoms with Crippen molar-refractivity contribution < 1.29 is 18.8 Å². The fourth-order valence-electron chi connectivity index (χ4n) is 2.55. The summed E-state index contributed by atoms with van der Waals surface area (Å²) in [5, 5.41) is 10.4. The Hall–Kier alpha value is -2.14. The lowest BCUT2D eigenvalue weighted by molar-refractivity contribution is -0.131. The number of phenols is 1. The van der Waals surface area contributed by atoms with E-state index in [1.165, 1.54) is 25.1 Å². The summed E-state index contributed by atoms with van der Waals surface area (Å²) in [6, 6.07) is 12.0. The van der Waals surface area contributed by atoms with E-state index < -0.39 is 16.8 Å². The van der Waals surface area contributed by atoms with Crippen molar-refractivity contribution in [2.24, 2.45) is 0 Å². The van der Waals surface area contributed by atoms with Gasteiger partial charge < -0.3 is 9.84 Å². The van der Waals surface area contributed by atoms with Gasteiger partial charge in [0.1, 0.15) is 11.5 Å². The summed E-state index contributed by atoms with van der Waals surface area (Å²) in [6.45, 7) is 3.28. The fourth-order valence-corrected chi connectivity index (χ4v) is 3.77. The number of carbonyl (C=O) groups is 1. The van der Waals surface area contributed by atoms with Crippen molar-refractivity contribution >= 4 is 16.8 Å². The predicted octanol–water partition coefficient (Wildman–Crippen LogP) is 3.51. The second-order valence-electron chi connectivity index (χ2n) is 5.66. The summed E-state index contributed by atoms with van der Waals surface area (Å²) in [7, 11) is -1.39. The molecule has 0 bridgehead atoms. The predicted molar refractivity (Wildman–Crippen MR) is 95.5 cm³/mol. The summed E-state index contributed by atoms with van der Waals surface area (Å²) in [5.41, 5.74) is 1.62. The Morgan fingerprint density at radius 2 is 1.80 bits per heavy atom. The van der Waals surface area contributed by atoms with Crippen molar-refractivity contribution in [3.8, 4) is 11.5 Å². The first kappa shape index (κ1) is 17.7. The first-order valence-electron chi connectivity index (χ1n) is 7.71. The van der Waals surface area contributed by atoms with Crippen LogP contribution in [0.15, 0.2) is 47.4 Å². The first-order valence-corrected chi connectivity index (χ1v) is 8.86. The Labute approximate surface area is 150 Å². The number of hydrogen-bond donors (Lipinski definition) is 1. The number of rotatable bonds is 4. The molecule has 0 unspecified atom stereocenters. The van der Waals surface area contributed by atoms with E-state index in [2.05, 4.69) is 0 Å². The molecule has 0 aliphatic heterocycles. The summed E-state index contributed by atoms with van der Waals surface area (Å²) in [4.78, 5) is 12.0. The molecule has 0 saturated heterocycles. The third-order valence-electron chi connectivity index (χ3n) is 3.72. The van der Waals surface area contributed by atoms with Gasteiger partial charge in [0.2, 0.25) is 0 Å². The highest BCUT2D eigenvalue weighted by molar-refractivity contribution is 7.88. The highest BCUT2D eigenvalue weighted by atomic mass is 32.2. The zero-order chi connectivity index (χ0) is 18.0. The van der Waals surface area contributed by atoms with E-state index in [1.807, 2.05) is 31.2 Å². The van der Waals surface area contributed by atoms with E-state index in [9.17, 15) is 14.1 Å². The molecule has 0 heterocycles. The van der Waals surface area contributed by atoms with Crippen LogP contribution in [0.2, 0.25) is 0 Å². The molecule has 1 saturated carbocycles. The number of ether oxygens (including phenoxy) is 1. The van der Waals surface area contributed by atoms with Crippen LogP contribution in [0.4, 0.5) is 0 Å². The molecule has 25 heavy (non-hydrogen) atoms. The maximum absolute atomic E-state index is 13.0. The second kappa shape index (κ2) is 7.40. The molecule has 0 amide bonds. The summed E-state index contributed by atoms with van der Waals surface area (Å²) >= 11 is 0. The van der Waals surface area contributed by atoms with Crippen LogP contribution in [0, 0.1) is 37.4 Å². The minimum Gasteiger partial charge on any atom is -0.508 e. The molecule has 5 radical (unpaired) electrons. The van der Waals surface area contributed by atoms with Crippen LogP contribution < -0.4 is 4.74 Å². The number of aromatic hydroxyl groups is 1. The van der Waals surface area contributed by atoms with Gasteiger partial charge in [0.05, 0.1) is 16.0 Å². The van der Waals surface area contributed by atoms with Crippen molar-refractivity contribution in [1.82, 2.24) is 0 Å². The molecule has 3 rings (SSSR count). The second-order valence-corrected chi connectivity index (χ2v) is 7.11. The van der Waals surface area contributed by atoms with Gasteiger partial charge in [-0.2, -0.15) is 0 Å². The zero-order valence-electron chi connectivity index (χ0n) is 13.9. The summed E-state index contributed by atoms with van der Waals surface area (Å²) < 4.78 is 18.2. The van der Waals surface area contributed by atoms with Gasteiger partial charge in [-0.15, -0.1) is 0 Å². The Morgan fingerprint density at radius 1 is 1.08 bits per heavy atom. The standard InChI is InChI=1S/C20H17O4S/c1-13-6-9-16(10-7-13)25(23)20-5-3-4-17(20)18-12-15(22)8-11-19(18)24-14(2)21/h3-12,22H,1-2H3/t25-/m0/s1. The Bertz CT molecular complexity index is 798. The van der Waals surface area contributed by atoms with Gasteiger partial charge in [-0.1, -0.05) is 17.7 Å². The normalized spacial score (nSPS) is 16.7. The highest BCUT2D eigenvalue weighted by Crippen LogP contribution is 2.46. The minimum atomic E-state index is -1.39. The van der Waals surface area contributed by atoms with Crippen LogP contribution >= 0.6 is 0 Å². The summed E-state index contributed by atoms with van der Waals surface area (Å²) in [5.74, 6) is 0.559. The van der Waals surface area contributed by atoms with Crippen LogP contribution in [-0.2, 0) is 15.6 Å². The van der Waals surface area contributed by atoms with Gasteiger partial charge in [-0.3, -0.25) is 9.00 Å². The molecule has 1 atom stereocenters. The zero-order valence-corrected chi connectivity index (χ0v) is 14.7. The van der Waals surface area contributed by atoms with Crippen LogP contribution in [0.1, 0.15) is 18.1 Å². The Morgan fingerprint density at radius 3 is 2.48 bits per heavy atom. The third-order valence-corrected chi connectivity index (χ3v) is 5.17. The number of aryl methyl sites for hydroxylation is 1. The smallest absolute Gasteiger partial charge is 0.308 e. The molecule has 1 N–H and O–H groups in total. The SMILES string of the molecule is CC(=O)Oc1ccc(O)cc1[C]1[CH][CH][CH][C]1[S@@](=O)c1ccc(C)cc1. The molecule has 1 fully saturated rings. The van der Waals surface area contributed by atoms with Crippen LogP contribution in [0.3, 0.4) is 0 Å². The topological polar surface area (TPSA) is 63.6 Å². The molecule has 5 heteroatoms. The van der Waals surface area contributed by atoms with E-state index >= 15 is 0 Å². The lowest BCUT2D eigenvalue weighted by atomic mass is 9.96. The maximum atomic E-state index is 13.0. The highest BCUT2D eigenvalue weighted by Gasteiger charge is 2.37. The van der Waals surface area contributed by atoms with Gasteiger partial charge in [-0.25, -0.2) is 0 Å². The van der Waals surface area contributed by atoms with Crippen LogP contribution in [-0.4, -0.2) is 15.3 Å². The summed E-state index contributed by atoms with van der Waals surface area (Å²) in [6.07, 6.45) is 5.36. The Kier molecular flexibility index (Phi) is 5.23. The van der Waals surface area contributed by atoms with E-state index in [0.717, 1.165) is 5.56 Å². The molecule has 2 aromatic rings. The number of phenolic OH excluding ortho intramolecular Hbond substituents is 1. The van der Waals surface area contributed by atoms with Crippen molar-refractivity contribution in [3.05, 3.63) is 84.0 Å². The van der Waals surface area contributed by atoms with Crippen molar-refractivity contribution in [1.29, 1.82) is 0 Å². The van der Waals surface area contributed by atoms with E-state index in [0.29, 0.717) is 27.4 Å². The molecule has 4 nitrogen and oxygen atoms in total. The molecular weight excluding hydrogens is 336 g/mol. The van der Waals surface area contributed by atoms with Crippen LogP contribution in [0.25, 0.3) is 0 Å². The van der Waals surface area contributed by atoms with Gasteiger partial charge in [-0.05, 0) is 56.5 Å². The van der Waals surface area contributed by atoms with E-state index in [4.69, 9.17) is 4.74 Å². The van der Waals surface area contributed by atoms with Crippen LogP contribution in [0.5, 0.6) is 11.5 Å². The number of carbonyl (C=O) groups excluding carboxylic acids is 1. The molecule has 2 aromatic carbocycles. The lowest BCUT2D eigenvalue weighted by Gasteiger charge is -2.20. The number of benzene rings is 2. The average molecular weight is 353 g/mol. The number of esters is 1. The molecular formula is C20H17O4S. The molecule has 1 aliphatic carbocycles. The molecule has 1 aliphatic rings. The van der Waals surface area contributed by atoms with Gasteiger partial charge >= 0.3 is 5.97 Å². The molecule has 127 valence electrons.